The van der Waals surface area contributed by atoms with E-state index in [-0.39, 0.29) is 12.4 Å². The van der Waals surface area contributed by atoms with Gasteiger partial charge in [-0.15, -0.1) is 0 Å². The number of hydrogen-bond acceptors (Lipinski definition) is 4. The smallest absolute Gasteiger partial charge is 0.339 e. The third-order valence-electron chi connectivity index (χ3n) is 5.98. The van der Waals surface area contributed by atoms with Gasteiger partial charge in [0, 0.05) is 16.5 Å². The lowest BCUT2D eigenvalue weighted by Gasteiger charge is -2.11. The number of ketones is 1. The minimum Gasteiger partial charge on any atom is -0.454 e. The molecule has 35 heavy (non-hydrogen) atoms. The summed E-state index contributed by atoms with van der Waals surface area (Å²) in [5, 5.41) is 0.703. The van der Waals surface area contributed by atoms with Crippen molar-refractivity contribution >= 4 is 22.7 Å². The van der Waals surface area contributed by atoms with E-state index in [0.29, 0.717) is 22.2 Å². The van der Waals surface area contributed by atoms with Gasteiger partial charge in [0.25, 0.3) is 0 Å². The van der Waals surface area contributed by atoms with Gasteiger partial charge in [0.2, 0.25) is 0 Å². The number of nitrogens with zero attached hydrogens (tertiary/aromatic N) is 1. The first kappa shape index (κ1) is 22.2. The molecule has 0 aliphatic carbocycles. The molecule has 0 fully saturated rings. The average molecular weight is 458 g/mol. The summed E-state index contributed by atoms with van der Waals surface area (Å²) in [6.45, 7) is 1.63. The number of Topliss-reactive ketones (excluding diaryl/α,β-unsaturated/α-hetero) is 1. The van der Waals surface area contributed by atoms with Crippen LogP contribution in [0.1, 0.15) is 26.3 Å². The molecule has 0 bridgehead atoms. The summed E-state index contributed by atoms with van der Waals surface area (Å²) in [6.07, 6.45) is 0. The van der Waals surface area contributed by atoms with E-state index in [1.165, 1.54) is 0 Å². The zero-order valence-electron chi connectivity index (χ0n) is 19.3. The standard InChI is InChI=1S/C31H23NO3/c1-21-9-8-14-26-27(19-28(32-30(21)26)24-12-6-3-7-13-24)31(34)35-20-29(33)25-17-15-23(16-18-25)22-10-4-2-5-11-22/h2-19H,20H2,1H3. The number of ether oxygens (including phenoxy) is 1. The minimum atomic E-state index is -0.547. The van der Waals surface area contributed by atoms with Gasteiger partial charge in [0.15, 0.2) is 12.4 Å². The van der Waals surface area contributed by atoms with Crippen LogP contribution in [0.2, 0.25) is 0 Å². The number of rotatable bonds is 6. The highest BCUT2D eigenvalue weighted by Gasteiger charge is 2.18. The predicted molar refractivity (Wildman–Crippen MR) is 138 cm³/mol. The zero-order chi connectivity index (χ0) is 24.2. The van der Waals surface area contributed by atoms with Crippen molar-refractivity contribution in [1.29, 1.82) is 0 Å². The Kier molecular flexibility index (Phi) is 6.18. The average Bonchev–Trinajstić information content (AvgIpc) is 2.92. The summed E-state index contributed by atoms with van der Waals surface area (Å²) >= 11 is 0. The number of aryl methyl sites for hydroxylation is 1. The molecule has 1 aromatic heterocycles. The van der Waals surface area contributed by atoms with Crippen LogP contribution in [-0.4, -0.2) is 23.3 Å². The molecule has 0 saturated heterocycles. The van der Waals surface area contributed by atoms with Crippen molar-refractivity contribution in [3.63, 3.8) is 0 Å². The zero-order valence-corrected chi connectivity index (χ0v) is 19.3. The van der Waals surface area contributed by atoms with Crippen LogP contribution in [0.5, 0.6) is 0 Å². The van der Waals surface area contributed by atoms with Crippen LogP contribution in [0, 0.1) is 6.92 Å². The maximum atomic E-state index is 13.1. The quantitative estimate of drug-likeness (QED) is 0.205. The fourth-order valence-electron chi connectivity index (χ4n) is 4.09. The normalized spacial score (nSPS) is 10.8. The van der Waals surface area contributed by atoms with E-state index in [0.717, 1.165) is 27.8 Å². The van der Waals surface area contributed by atoms with E-state index in [2.05, 4.69) is 0 Å². The van der Waals surface area contributed by atoms with Crippen LogP contribution in [0.4, 0.5) is 0 Å². The number of carbonyl (C=O) groups excluding carboxylic acids is 2. The lowest BCUT2D eigenvalue weighted by atomic mass is 10.0. The van der Waals surface area contributed by atoms with Crippen molar-refractivity contribution in [2.75, 3.05) is 6.61 Å². The minimum absolute atomic E-state index is 0.254. The molecule has 1 heterocycles. The fourth-order valence-corrected chi connectivity index (χ4v) is 4.09. The Morgan fingerprint density at radius 2 is 1.34 bits per heavy atom. The topological polar surface area (TPSA) is 56.3 Å². The lowest BCUT2D eigenvalue weighted by molar-refractivity contribution is 0.0476. The first-order valence-electron chi connectivity index (χ1n) is 11.4. The van der Waals surface area contributed by atoms with Crippen LogP contribution < -0.4 is 0 Å². The molecule has 0 atom stereocenters. The molecule has 0 unspecified atom stereocenters. The maximum absolute atomic E-state index is 13.1. The Morgan fingerprint density at radius 3 is 2.03 bits per heavy atom. The van der Waals surface area contributed by atoms with Crippen LogP contribution >= 0.6 is 0 Å². The molecule has 0 aliphatic heterocycles. The van der Waals surface area contributed by atoms with Crippen molar-refractivity contribution in [3.8, 4) is 22.4 Å². The van der Waals surface area contributed by atoms with E-state index < -0.39 is 5.97 Å². The van der Waals surface area contributed by atoms with Crippen molar-refractivity contribution in [3.05, 3.63) is 126 Å². The van der Waals surface area contributed by atoms with Gasteiger partial charge in [-0.25, -0.2) is 9.78 Å². The van der Waals surface area contributed by atoms with Gasteiger partial charge in [0.05, 0.1) is 16.8 Å². The number of hydrogen-bond donors (Lipinski definition) is 0. The Hall–Kier alpha value is -4.57. The molecule has 4 heteroatoms. The van der Waals surface area contributed by atoms with E-state index in [4.69, 9.17) is 9.72 Å². The van der Waals surface area contributed by atoms with E-state index >= 15 is 0 Å². The van der Waals surface area contributed by atoms with E-state index in [9.17, 15) is 9.59 Å². The Morgan fingerprint density at radius 1 is 0.714 bits per heavy atom. The van der Waals surface area contributed by atoms with Gasteiger partial charge < -0.3 is 4.74 Å². The molecule has 4 aromatic carbocycles. The molecular formula is C31H23NO3. The summed E-state index contributed by atoms with van der Waals surface area (Å²) in [6, 6.07) is 34.4. The molecule has 0 amide bonds. The number of para-hydroxylation sites is 1. The van der Waals surface area contributed by atoms with Gasteiger partial charge >= 0.3 is 5.97 Å². The fraction of sp³-hybridized carbons (Fsp3) is 0.0645. The Labute approximate surface area is 203 Å². The van der Waals surface area contributed by atoms with Gasteiger partial charge in [-0.1, -0.05) is 103 Å². The van der Waals surface area contributed by atoms with Crippen LogP contribution in [0.15, 0.2) is 109 Å². The largest absolute Gasteiger partial charge is 0.454 e. The Bertz CT molecular complexity index is 1510. The highest BCUT2D eigenvalue weighted by Crippen LogP contribution is 2.27. The number of aromatic nitrogens is 1. The molecule has 5 rings (SSSR count). The van der Waals surface area contributed by atoms with Gasteiger partial charge in [0.1, 0.15) is 0 Å². The predicted octanol–water partition coefficient (Wildman–Crippen LogP) is 6.92. The van der Waals surface area contributed by atoms with Crippen molar-refractivity contribution in [2.24, 2.45) is 0 Å². The second-order valence-corrected chi connectivity index (χ2v) is 8.33. The first-order chi connectivity index (χ1) is 17.1. The first-order valence-corrected chi connectivity index (χ1v) is 11.4. The summed E-state index contributed by atoms with van der Waals surface area (Å²) in [5.74, 6) is -0.801. The number of esters is 1. The molecular weight excluding hydrogens is 434 g/mol. The van der Waals surface area contributed by atoms with E-state index in [1.54, 1.807) is 18.2 Å². The maximum Gasteiger partial charge on any atom is 0.339 e. The number of benzene rings is 4. The van der Waals surface area contributed by atoms with Crippen molar-refractivity contribution in [2.45, 2.75) is 6.92 Å². The SMILES string of the molecule is Cc1cccc2c(C(=O)OCC(=O)c3ccc(-c4ccccc4)cc3)cc(-c3ccccc3)nc12. The lowest BCUT2D eigenvalue weighted by Crippen LogP contribution is -2.15. The molecule has 170 valence electrons. The second-order valence-electron chi connectivity index (χ2n) is 8.33. The summed E-state index contributed by atoms with van der Waals surface area (Å²) < 4.78 is 5.48. The van der Waals surface area contributed by atoms with Gasteiger partial charge in [-0.2, -0.15) is 0 Å². The summed E-state index contributed by atoms with van der Waals surface area (Å²) in [7, 11) is 0. The van der Waals surface area contributed by atoms with Gasteiger partial charge in [-0.3, -0.25) is 4.79 Å². The van der Waals surface area contributed by atoms with Crippen molar-refractivity contribution < 1.29 is 14.3 Å². The molecule has 5 aromatic rings. The second kappa shape index (κ2) is 9.74. The molecule has 4 nitrogen and oxygen atoms in total. The summed E-state index contributed by atoms with van der Waals surface area (Å²) in [5.41, 5.74) is 6.27. The monoisotopic (exact) mass is 457 g/mol. The number of pyridine rings is 1. The Balaban J connectivity index is 1.38. The molecule has 0 saturated carbocycles. The van der Waals surface area contributed by atoms with Crippen molar-refractivity contribution in [1.82, 2.24) is 4.98 Å². The highest BCUT2D eigenvalue weighted by molar-refractivity contribution is 6.06. The van der Waals surface area contributed by atoms with E-state index in [1.807, 2.05) is 97.9 Å². The van der Waals surface area contributed by atoms with Gasteiger partial charge in [-0.05, 0) is 29.7 Å². The summed E-state index contributed by atoms with van der Waals surface area (Å²) in [4.78, 5) is 30.7. The molecule has 0 aliphatic rings. The number of carbonyl (C=O) groups is 2. The third kappa shape index (κ3) is 4.73. The third-order valence-corrected chi connectivity index (χ3v) is 5.98. The molecule has 0 spiro atoms. The number of fused-ring (bicyclic) bond motifs is 1. The van der Waals surface area contributed by atoms with Crippen LogP contribution in [0.3, 0.4) is 0 Å². The van der Waals surface area contributed by atoms with Crippen LogP contribution in [0.25, 0.3) is 33.3 Å². The molecule has 0 radical (unpaired) electrons. The van der Waals surface area contributed by atoms with Crippen LogP contribution in [-0.2, 0) is 4.74 Å². The molecule has 0 N–H and O–H groups in total. The highest BCUT2D eigenvalue weighted by atomic mass is 16.5.